The number of hydrazine groups is 1. The molecule has 1 fully saturated rings. The molecule has 0 radical (unpaired) electrons. The van der Waals surface area contributed by atoms with Gasteiger partial charge in [-0.25, -0.2) is 5.84 Å². The Morgan fingerprint density at radius 2 is 2.00 bits per heavy atom. The Balaban J connectivity index is 2.05. The van der Waals surface area contributed by atoms with Crippen LogP contribution in [0.3, 0.4) is 0 Å². The first-order chi connectivity index (χ1) is 8.15. The van der Waals surface area contributed by atoms with E-state index in [4.69, 9.17) is 10.6 Å². The lowest BCUT2D eigenvalue weighted by atomic mass is 10.1. The van der Waals surface area contributed by atoms with Crippen molar-refractivity contribution in [3.8, 4) is 6.01 Å². The number of nitrogens with zero attached hydrogens (tertiary/aromatic N) is 3. The van der Waals surface area contributed by atoms with E-state index in [0.717, 1.165) is 6.54 Å². The molecule has 1 heterocycles. The van der Waals surface area contributed by atoms with E-state index in [2.05, 4.69) is 32.6 Å². The van der Waals surface area contributed by atoms with E-state index in [-0.39, 0.29) is 6.01 Å². The molecule has 1 aliphatic carbocycles. The zero-order valence-corrected chi connectivity index (χ0v) is 10.2. The van der Waals surface area contributed by atoms with Gasteiger partial charge in [-0.3, -0.25) is 5.43 Å². The minimum Gasteiger partial charge on any atom is -0.464 e. The molecular weight excluding hydrogens is 220 g/mol. The number of ether oxygens (including phenoxy) is 1. The highest BCUT2D eigenvalue weighted by Crippen LogP contribution is 2.44. The van der Waals surface area contributed by atoms with E-state index in [1.54, 1.807) is 0 Å². The number of hydrogen-bond donors (Lipinski definition) is 3. The van der Waals surface area contributed by atoms with Crippen LogP contribution < -0.4 is 21.3 Å². The maximum atomic E-state index is 5.29. The first-order valence-electron chi connectivity index (χ1n) is 5.74. The summed E-state index contributed by atoms with van der Waals surface area (Å²) >= 11 is 0. The standard InChI is InChI=1S/C10H18N6O/c1-3-17-9-14-7(13-8(15-9)16-11)12-6-10(2)4-5-10/h3-6,11H2,1-2H3,(H2,12,13,14,15,16). The van der Waals surface area contributed by atoms with Gasteiger partial charge >= 0.3 is 6.01 Å². The van der Waals surface area contributed by atoms with Crippen molar-refractivity contribution < 1.29 is 4.74 Å². The van der Waals surface area contributed by atoms with Crippen molar-refractivity contribution in [3.63, 3.8) is 0 Å². The molecule has 2 rings (SSSR count). The van der Waals surface area contributed by atoms with Crippen LogP contribution in [0.15, 0.2) is 0 Å². The maximum Gasteiger partial charge on any atom is 0.323 e. The number of nitrogens with one attached hydrogen (secondary N) is 2. The minimum atomic E-state index is 0.277. The molecule has 0 unspecified atom stereocenters. The van der Waals surface area contributed by atoms with Crippen molar-refractivity contribution >= 4 is 11.9 Å². The van der Waals surface area contributed by atoms with Gasteiger partial charge in [0.15, 0.2) is 0 Å². The van der Waals surface area contributed by atoms with Crippen LogP contribution in [0, 0.1) is 5.41 Å². The summed E-state index contributed by atoms with van der Waals surface area (Å²) in [5.41, 5.74) is 2.78. The molecule has 0 atom stereocenters. The number of nitrogens with two attached hydrogens (primary N) is 1. The van der Waals surface area contributed by atoms with E-state index in [1.165, 1.54) is 12.8 Å². The lowest BCUT2D eigenvalue weighted by Crippen LogP contribution is -2.17. The van der Waals surface area contributed by atoms with Crippen LogP contribution in [0.4, 0.5) is 11.9 Å². The normalized spacial score (nSPS) is 16.4. The van der Waals surface area contributed by atoms with Gasteiger partial charge in [0, 0.05) is 6.54 Å². The van der Waals surface area contributed by atoms with Crippen molar-refractivity contribution in [2.45, 2.75) is 26.7 Å². The largest absolute Gasteiger partial charge is 0.464 e. The van der Waals surface area contributed by atoms with E-state index in [0.29, 0.717) is 23.9 Å². The molecule has 1 aromatic rings. The van der Waals surface area contributed by atoms with Crippen LogP contribution >= 0.6 is 0 Å². The Hall–Kier alpha value is -1.63. The van der Waals surface area contributed by atoms with Gasteiger partial charge in [-0.05, 0) is 25.2 Å². The Bertz CT molecular complexity index is 392. The lowest BCUT2D eigenvalue weighted by Gasteiger charge is -2.11. The van der Waals surface area contributed by atoms with Gasteiger partial charge in [0.05, 0.1) is 6.61 Å². The number of anilines is 2. The second kappa shape index (κ2) is 4.70. The summed E-state index contributed by atoms with van der Waals surface area (Å²) in [6, 6.07) is 0.277. The summed E-state index contributed by atoms with van der Waals surface area (Å²) in [6.45, 7) is 5.46. The quantitative estimate of drug-likeness (QED) is 0.497. The smallest absolute Gasteiger partial charge is 0.323 e. The molecule has 0 aromatic carbocycles. The highest BCUT2D eigenvalue weighted by atomic mass is 16.5. The molecule has 1 aliphatic rings. The molecule has 0 saturated heterocycles. The molecule has 0 bridgehead atoms. The molecule has 1 saturated carbocycles. The summed E-state index contributed by atoms with van der Waals surface area (Å²) in [5, 5.41) is 3.18. The fourth-order valence-electron chi connectivity index (χ4n) is 1.38. The van der Waals surface area contributed by atoms with Crippen LogP contribution in [0.1, 0.15) is 26.7 Å². The second-order valence-electron chi connectivity index (χ2n) is 4.51. The molecule has 0 aliphatic heterocycles. The molecule has 7 heteroatoms. The van der Waals surface area contributed by atoms with Crippen molar-refractivity contribution in [3.05, 3.63) is 0 Å². The average molecular weight is 238 g/mol. The van der Waals surface area contributed by atoms with Crippen molar-refractivity contribution in [1.82, 2.24) is 15.0 Å². The maximum absolute atomic E-state index is 5.29. The number of aromatic nitrogens is 3. The highest BCUT2D eigenvalue weighted by molar-refractivity contribution is 5.35. The van der Waals surface area contributed by atoms with Gasteiger partial charge in [-0.1, -0.05) is 6.92 Å². The zero-order chi connectivity index (χ0) is 12.3. The fraction of sp³-hybridized carbons (Fsp3) is 0.700. The third-order valence-corrected chi connectivity index (χ3v) is 2.79. The van der Waals surface area contributed by atoms with Gasteiger partial charge in [0.25, 0.3) is 0 Å². The minimum absolute atomic E-state index is 0.277. The summed E-state index contributed by atoms with van der Waals surface area (Å²) in [7, 11) is 0. The van der Waals surface area contributed by atoms with Gasteiger partial charge in [0.2, 0.25) is 11.9 Å². The summed E-state index contributed by atoms with van der Waals surface area (Å²) in [4.78, 5) is 12.2. The lowest BCUT2D eigenvalue weighted by molar-refractivity contribution is 0.312. The molecule has 94 valence electrons. The van der Waals surface area contributed by atoms with Gasteiger partial charge < -0.3 is 10.1 Å². The van der Waals surface area contributed by atoms with Crippen molar-refractivity contribution in [2.75, 3.05) is 23.9 Å². The first kappa shape index (κ1) is 11.8. The SMILES string of the molecule is CCOc1nc(NN)nc(NCC2(C)CC2)n1. The predicted molar refractivity (Wildman–Crippen MR) is 64.6 cm³/mol. The van der Waals surface area contributed by atoms with Crippen LogP contribution in [0.2, 0.25) is 0 Å². The van der Waals surface area contributed by atoms with E-state index >= 15 is 0 Å². The Morgan fingerprint density at radius 3 is 2.59 bits per heavy atom. The Labute approximate surface area is 100 Å². The van der Waals surface area contributed by atoms with Gasteiger partial charge in [-0.15, -0.1) is 0 Å². The molecule has 4 N–H and O–H groups in total. The van der Waals surface area contributed by atoms with Gasteiger partial charge in [0.1, 0.15) is 0 Å². The summed E-state index contributed by atoms with van der Waals surface area (Å²) in [5.74, 6) is 6.08. The van der Waals surface area contributed by atoms with Crippen molar-refractivity contribution in [2.24, 2.45) is 11.3 Å². The van der Waals surface area contributed by atoms with Gasteiger partial charge in [-0.2, -0.15) is 15.0 Å². The fourth-order valence-corrected chi connectivity index (χ4v) is 1.38. The number of nitrogen functional groups attached to an aromatic ring is 1. The van der Waals surface area contributed by atoms with E-state index in [9.17, 15) is 0 Å². The van der Waals surface area contributed by atoms with Crippen molar-refractivity contribution in [1.29, 1.82) is 0 Å². The van der Waals surface area contributed by atoms with Crippen LogP contribution in [0.25, 0.3) is 0 Å². The topological polar surface area (TPSA) is 98.0 Å². The Kier molecular flexibility index (Phi) is 3.28. The second-order valence-corrected chi connectivity index (χ2v) is 4.51. The van der Waals surface area contributed by atoms with E-state index < -0.39 is 0 Å². The Morgan fingerprint density at radius 1 is 1.29 bits per heavy atom. The number of rotatable bonds is 6. The van der Waals surface area contributed by atoms with Crippen LogP contribution in [-0.4, -0.2) is 28.1 Å². The van der Waals surface area contributed by atoms with Crippen LogP contribution in [0.5, 0.6) is 6.01 Å². The average Bonchev–Trinajstić information content (AvgIpc) is 3.06. The molecular formula is C10H18N6O. The molecule has 0 amide bonds. The molecule has 0 spiro atoms. The van der Waals surface area contributed by atoms with Crippen LogP contribution in [-0.2, 0) is 0 Å². The number of hydrogen-bond acceptors (Lipinski definition) is 7. The summed E-state index contributed by atoms with van der Waals surface area (Å²) < 4.78 is 5.24. The monoisotopic (exact) mass is 238 g/mol. The highest BCUT2D eigenvalue weighted by Gasteiger charge is 2.37. The molecule has 17 heavy (non-hydrogen) atoms. The molecule has 1 aromatic heterocycles. The zero-order valence-electron chi connectivity index (χ0n) is 10.2. The first-order valence-corrected chi connectivity index (χ1v) is 5.74. The molecule has 7 nitrogen and oxygen atoms in total. The summed E-state index contributed by atoms with van der Waals surface area (Å²) in [6.07, 6.45) is 2.48. The third-order valence-electron chi connectivity index (χ3n) is 2.79. The third kappa shape index (κ3) is 3.16. The predicted octanol–water partition coefficient (Wildman–Crippen LogP) is 0.768. The van der Waals surface area contributed by atoms with E-state index in [1.807, 2.05) is 6.92 Å².